The van der Waals surface area contributed by atoms with Crippen molar-refractivity contribution in [2.45, 2.75) is 11.5 Å². The third-order valence-electron chi connectivity index (χ3n) is 2.79. The van der Waals surface area contributed by atoms with Crippen LogP contribution < -0.4 is 0 Å². The van der Waals surface area contributed by atoms with E-state index < -0.39 is 0 Å². The van der Waals surface area contributed by atoms with Gasteiger partial charge >= 0.3 is 0 Å². The lowest BCUT2D eigenvalue weighted by atomic mass is 10.1. The quantitative estimate of drug-likeness (QED) is 0.851. The molecule has 0 unspecified atom stereocenters. The summed E-state index contributed by atoms with van der Waals surface area (Å²) >= 11 is 1.59. The van der Waals surface area contributed by atoms with Gasteiger partial charge in [-0.15, -0.1) is 0 Å². The molecule has 0 heterocycles. The largest absolute Gasteiger partial charge is 0.207 e. The van der Waals surface area contributed by atoms with Crippen LogP contribution in [0.3, 0.4) is 0 Å². The first-order valence-corrected chi connectivity index (χ1v) is 7.13. The molecule has 0 bridgehead atoms. The molecule has 0 spiro atoms. The van der Waals surface area contributed by atoms with Crippen LogP contribution in [0.4, 0.5) is 4.39 Å². The first-order valence-electron chi connectivity index (χ1n) is 5.98. The Kier molecular flexibility index (Phi) is 4.76. The van der Waals surface area contributed by atoms with Crippen molar-refractivity contribution in [3.8, 4) is 12.1 Å². The Morgan fingerprint density at radius 3 is 2.15 bits per heavy atom. The fourth-order valence-corrected chi connectivity index (χ4v) is 2.67. The van der Waals surface area contributed by atoms with E-state index in [1.165, 1.54) is 6.07 Å². The Morgan fingerprint density at radius 2 is 1.55 bits per heavy atom. The standard InChI is InChI=1S/C16H11FN2S/c17-16-7-14(9-19)5-6-15(16)11-20-10-13-3-1-12(8-18)2-4-13/h1-7H,10-11H2. The Bertz CT molecular complexity index is 681. The monoisotopic (exact) mass is 282 g/mol. The molecule has 0 saturated carbocycles. The van der Waals surface area contributed by atoms with E-state index in [1.807, 2.05) is 18.2 Å². The van der Waals surface area contributed by atoms with Crippen LogP contribution in [0.2, 0.25) is 0 Å². The van der Waals surface area contributed by atoms with Gasteiger partial charge in [-0.05, 0) is 35.4 Å². The van der Waals surface area contributed by atoms with Crippen LogP contribution >= 0.6 is 11.8 Å². The molecule has 2 nitrogen and oxygen atoms in total. The number of thioether (sulfide) groups is 1. The van der Waals surface area contributed by atoms with Crippen molar-refractivity contribution in [2.24, 2.45) is 0 Å². The second-order valence-electron chi connectivity index (χ2n) is 4.22. The summed E-state index contributed by atoms with van der Waals surface area (Å²) in [5.74, 6) is 0.972. The summed E-state index contributed by atoms with van der Waals surface area (Å²) < 4.78 is 13.7. The van der Waals surface area contributed by atoms with Crippen molar-refractivity contribution >= 4 is 11.8 Å². The number of benzene rings is 2. The molecule has 0 amide bonds. The van der Waals surface area contributed by atoms with Gasteiger partial charge in [-0.1, -0.05) is 18.2 Å². The molecule has 0 atom stereocenters. The lowest BCUT2D eigenvalue weighted by Crippen LogP contribution is -1.90. The molecule has 2 aromatic carbocycles. The van der Waals surface area contributed by atoms with Gasteiger partial charge in [0.15, 0.2) is 0 Å². The Hall–Kier alpha value is -2.30. The molecular weight excluding hydrogens is 271 g/mol. The first kappa shape index (κ1) is 14.1. The maximum atomic E-state index is 13.7. The Labute approximate surface area is 121 Å². The van der Waals surface area contributed by atoms with Crippen molar-refractivity contribution in [1.29, 1.82) is 10.5 Å². The maximum absolute atomic E-state index is 13.7. The molecule has 20 heavy (non-hydrogen) atoms. The van der Waals surface area contributed by atoms with Gasteiger partial charge < -0.3 is 0 Å². The highest BCUT2D eigenvalue weighted by Crippen LogP contribution is 2.20. The van der Waals surface area contributed by atoms with Gasteiger partial charge in [-0.3, -0.25) is 0 Å². The second-order valence-corrected chi connectivity index (χ2v) is 5.21. The maximum Gasteiger partial charge on any atom is 0.128 e. The lowest BCUT2D eigenvalue weighted by Gasteiger charge is -2.04. The zero-order valence-electron chi connectivity index (χ0n) is 10.6. The number of hydrogen-bond acceptors (Lipinski definition) is 3. The van der Waals surface area contributed by atoms with Crippen LogP contribution in [0.5, 0.6) is 0 Å². The van der Waals surface area contributed by atoms with Gasteiger partial charge in [0.1, 0.15) is 5.82 Å². The van der Waals surface area contributed by atoms with Crippen molar-refractivity contribution in [3.63, 3.8) is 0 Å². The number of nitriles is 2. The smallest absolute Gasteiger partial charge is 0.128 e. The third-order valence-corrected chi connectivity index (χ3v) is 3.84. The van der Waals surface area contributed by atoms with E-state index in [2.05, 4.69) is 6.07 Å². The van der Waals surface area contributed by atoms with E-state index in [0.717, 1.165) is 11.3 Å². The molecule has 2 aromatic rings. The number of nitrogens with zero attached hydrogens (tertiary/aromatic N) is 2. The van der Waals surface area contributed by atoms with Crippen LogP contribution in [0.1, 0.15) is 22.3 Å². The summed E-state index contributed by atoms with van der Waals surface area (Å²) in [4.78, 5) is 0. The van der Waals surface area contributed by atoms with E-state index in [1.54, 1.807) is 36.0 Å². The molecule has 0 radical (unpaired) electrons. The van der Waals surface area contributed by atoms with Gasteiger partial charge in [-0.2, -0.15) is 22.3 Å². The molecule has 0 aromatic heterocycles. The average Bonchev–Trinajstić information content (AvgIpc) is 2.49. The van der Waals surface area contributed by atoms with Crippen LogP contribution in [0.25, 0.3) is 0 Å². The summed E-state index contributed by atoms with van der Waals surface area (Å²) in [6.45, 7) is 0. The summed E-state index contributed by atoms with van der Waals surface area (Å²) in [5, 5.41) is 17.4. The topological polar surface area (TPSA) is 47.6 Å². The van der Waals surface area contributed by atoms with Crippen LogP contribution in [0.15, 0.2) is 42.5 Å². The molecule has 0 saturated heterocycles. The normalized spacial score (nSPS) is 9.75. The van der Waals surface area contributed by atoms with Crippen molar-refractivity contribution in [1.82, 2.24) is 0 Å². The van der Waals surface area contributed by atoms with E-state index in [0.29, 0.717) is 22.4 Å². The molecule has 0 N–H and O–H groups in total. The highest BCUT2D eigenvalue weighted by Gasteiger charge is 2.04. The Morgan fingerprint density at radius 1 is 0.900 bits per heavy atom. The summed E-state index contributed by atoms with van der Waals surface area (Å²) in [6.07, 6.45) is 0. The predicted octanol–water partition coefficient (Wildman–Crippen LogP) is 4.00. The zero-order chi connectivity index (χ0) is 14.4. The zero-order valence-corrected chi connectivity index (χ0v) is 11.5. The van der Waals surface area contributed by atoms with E-state index >= 15 is 0 Å². The van der Waals surface area contributed by atoms with E-state index in [9.17, 15) is 4.39 Å². The number of rotatable bonds is 4. The Balaban J connectivity index is 1.93. The minimum Gasteiger partial charge on any atom is -0.207 e. The van der Waals surface area contributed by atoms with Crippen LogP contribution in [0, 0.1) is 28.5 Å². The van der Waals surface area contributed by atoms with Crippen molar-refractivity contribution in [2.75, 3.05) is 0 Å². The second kappa shape index (κ2) is 6.75. The molecule has 4 heteroatoms. The number of halogens is 1. The fraction of sp³-hybridized carbons (Fsp3) is 0.125. The van der Waals surface area contributed by atoms with Crippen LogP contribution in [-0.4, -0.2) is 0 Å². The lowest BCUT2D eigenvalue weighted by molar-refractivity contribution is 0.617. The van der Waals surface area contributed by atoms with Gasteiger partial charge in [0.2, 0.25) is 0 Å². The molecule has 0 aliphatic heterocycles. The van der Waals surface area contributed by atoms with Crippen LogP contribution in [-0.2, 0) is 11.5 Å². The third kappa shape index (κ3) is 3.60. The van der Waals surface area contributed by atoms with Gasteiger partial charge in [0.05, 0.1) is 23.3 Å². The minimum atomic E-state index is -0.337. The van der Waals surface area contributed by atoms with Gasteiger partial charge in [0, 0.05) is 11.5 Å². The fourth-order valence-electron chi connectivity index (χ4n) is 1.69. The van der Waals surface area contributed by atoms with E-state index in [-0.39, 0.29) is 5.82 Å². The number of hydrogen-bond donors (Lipinski definition) is 0. The average molecular weight is 282 g/mol. The van der Waals surface area contributed by atoms with E-state index in [4.69, 9.17) is 10.5 Å². The predicted molar refractivity (Wildman–Crippen MR) is 77.3 cm³/mol. The molecule has 0 aliphatic carbocycles. The summed E-state index contributed by atoms with van der Waals surface area (Å²) in [7, 11) is 0. The van der Waals surface area contributed by atoms with Crippen molar-refractivity contribution < 1.29 is 4.39 Å². The molecule has 0 fully saturated rings. The highest BCUT2D eigenvalue weighted by atomic mass is 32.2. The summed E-state index contributed by atoms with van der Waals surface area (Å²) in [6, 6.07) is 15.9. The molecule has 0 aliphatic rings. The minimum absolute atomic E-state index is 0.336. The SMILES string of the molecule is N#Cc1ccc(CSCc2ccc(C#N)cc2F)cc1. The molecule has 98 valence electrons. The van der Waals surface area contributed by atoms with Crippen molar-refractivity contribution in [3.05, 3.63) is 70.5 Å². The molecule has 2 rings (SSSR count). The highest BCUT2D eigenvalue weighted by molar-refractivity contribution is 7.97. The van der Waals surface area contributed by atoms with Gasteiger partial charge in [0.25, 0.3) is 0 Å². The summed E-state index contributed by atoms with van der Waals surface area (Å²) in [5.41, 5.74) is 2.67. The first-order chi connectivity index (χ1) is 9.72. The molecular formula is C16H11FN2S. The van der Waals surface area contributed by atoms with Gasteiger partial charge in [-0.25, -0.2) is 4.39 Å².